The van der Waals surface area contributed by atoms with Crippen molar-refractivity contribution in [1.29, 1.82) is 0 Å². The highest BCUT2D eigenvalue weighted by molar-refractivity contribution is 5.63. The molecule has 0 saturated heterocycles. The molecule has 15 heavy (non-hydrogen) atoms. The van der Waals surface area contributed by atoms with Crippen LogP contribution >= 0.6 is 0 Å². The van der Waals surface area contributed by atoms with Crippen LogP contribution in [0, 0.1) is 12.3 Å². The first kappa shape index (κ1) is 11.8. The second kappa shape index (κ2) is 4.96. The molecule has 1 aromatic rings. The van der Waals surface area contributed by atoms with Gasteiger partial charge in [0.2, 0.25) is 0 Å². The van der Waals surface area contributed by atoms with Crippen molar-refractivity contribution in [2.75, 3.05) is 0 Å². The van der Waals surface area contributed by atoms with E-state index in [4.69, 9.17) is 4.84 Å². The molecule has 0 atom stereocenters. The Labute approximate surface area is 91.9 Å². The van der Waals surface area contributed by atoms with Gasteiger partial charge in [0.25, 0.3) is 0 Å². The van der Waals surface area contributed by atoms with Crippen LogP contribution in [0.15, 0.2) is 29.4 Å². The van der Waals surface area contributed by atoms with E-state index in [-0.39, 0.29) is 5.41 Å². The van der Waals surface area contributed by atoms with Gasteiger partial charge in [-0.15, -0.1) is 0 Å². The van der Waals surface area contributed by atoms with E-state index in [9.17, 15) is 0 Å². The first-order chi connectivity index (χ1) is 6.97. The highest BCUT2D eigenvalue weighted by atomic mass is 16.6. The van der Waals surface area contributed by atoms with E-state index < -0.39 is 0 Å². The number of hydrogen-bond donors (Lipinski definition) is 0. The van der Waals surface area contributed by atoms with Crippen LogP contribution in [0.25, 0.3) is 0 Å². The Morgan fingerprint density at radius 2 is 2.07 bits per heavy atom. The van der Waals surface area contributed by atoms with Crippen LogP contribution in [0.1, 0.15) is 31.9 Å². The smallest absolute Gasteiger partial charge is 0.142 e. The average molecular weight is 205 g/mol. The van der Waals surface area contributed by atoms with Crippen LogP contribution in [0.2, 0.25) is 0 Å². The van der Waals surface area contributed by atoms with Gasteiger partial charge in [-0.3, -0.25) is 0 Å². The first-order valence-electron chi connectivity index (χ1n) is 5.19. The maximum atomic E-state index is 5.22. The number of hydrogen-bond acceptors (Lipinski definition) is 2. The van der Waals surface area contributed by atoms with Crippen molar-refractivity contribution >= 4 is 6.21 Å². The Morgan fingerprint density at radius 3 is 2.67 bits per heavy atom. The molecule has 2 nitrogen and oxygen atoms in total. The molecule has 0 aliphatic rings. The third-order valence-corrected chi connectivity index (χ3v) is 1.83. The first-order valence-corrected chi connectivity index (χ1v) is 5.19. The fourth-order valence-corrected chi connectivity index (χ4v) is 1.11. The van der Waals surface area contributed by atoms with Crippen molar-refractivity contribution < 1.29 is 4.84 Å². The molecule has 0 saturated carbocycles. The maximum Gasteiger partial charge on any atom is 0.142 e. The molecule has 0 fully saturated rings. The van der Waals surface area contributed by atoms with E-state index in [0.717, 1.165) is 5.56 Å². The SMILES string of the molecule is Cc1cccc(CON=CC(C)(C)C)c1. The zero-order chi connectivity index (χ0) is 11.3. The summed E-state index contributed by atoms with van der Waals surface area (Å²) in [6, 6.07) is 8.25. The minimum Gasteiger partial charge on any atom is -0.391 e. The average Bonchev–Trinajstić information content (AvgIpc) is 2.11. The van der Waals surface area contributed by atoms with Crippen LogP contribution in [0.5, 0.6) is 0 Å². The molecule has 0 aromatic heterocycles. The molecule has 0 heterocycles. The monoisotopic (exact) mass is 205 g/mol. The topological polar surface area (TPSA) is 21.6 Å². The van der Waals surface area contributed by atoms with Crippen molar-refractivity contribution in [3.05, 3.63) is 35.4 Å². The fraction of sp³-hybridized carbons (Fsp3) is 0.462. The normalized spacial score (nSPS) is 12.0. The summed E-state index contributed by atoms with van der Waals surface area (Å²) < 4.78 is 0. The van der Waals surface area contributed by atoms with E-state index in [1.54, 1.807) is 0 Å². The van der Waals surface area contributed by atoms with E-state index in [0.29, 0.717) is 6.61 Å². The molecule has 0 aliphatic heterocycles. The highest BCUT2D eigenvalue weighted by Crippen LogP contribution is 2.09. The summed E-state index contributed by atoms with van der Waals surface area (Å²) in [7, 11) is 0. The van der Waals surface area contributed by atoms with Crippen LogP contribution < -0.4 is 0 Å². The zero-order valence-electron chi connectivity index (χ0n) is 9.95. The van der Waals surface area contributed by atoms with Crippen LogP contribution in [0.3, 0.4) is 0 Å². The van der Waals surface area contributed by atoms with Crippen molar-refractivity contribution in [3.8, 4) is 0 Å². The lowest BCUT2D eigenvalue weighted by atomic mass is 10.00. The Balaban J connectivity index is 2.42. The molecule has 0 radical (unpaired) electrons. The van der Waals surface area contributed by atoms with E-state index in [1.807, 2.05) is 18.3 Å². The number of nitrogens with zero attached hydrogens (tertiary/aromatic N) is 1. The van der Waals surface area contributed by atoms with Gasteiger partial charge in [-0.1, -0.05) is 55.8 Å². The van der Waals surface area contributed by atoms with Gasteiger partial charge in [-0.05, 0) is 12.5 Å². The van der Waals surface area contributed by atoms with Gasteiger partial charge in [0.15, 0.2) is 0 Å². The number of oxime groups is 1. The molecule has 0 spiro atoms. The second-order valence-corrected chi connectivity index (χ2v) is 4.86. The summed E-state index contributed by atoms with van der Waals surface area (Å²) in [5.74, 6) is 0. The summed E-state index contributed by atoms with van der Waals surface area (Å²) in [6.45, 7) is 8.88. The molecule has 1 rings (SSSR count). The molecular formula is C13H19NO. The number of aryl methyl sites for hydroxylation is 1. The van der Waals surface area contributed by atoms with Gasteiger partial charge in [0.05, 0.1) is 0 Å². The van der Waals surface area contributed by atoms with Gasteiger partial charge in [-0.2, -0.15) is 0 Å². The fourth-order valence-electron chi connectivity index (χ4n) is 1.11. The molecule has 0 N–H and O–H groups in total. The van der Waals surface area contributed by atoms with Crippen LogP contribution in [-0.4, -0.2) is 6.21 Å². The van der Waals surface area contributed by atoms with Crippen molar-refractivity contribution in [2.45, 2.75) is 34.3 Å². The predicted octanol–water partition coefficient (Wildman–Crippen LogP) is 3.54. The zero-order valence-corrected chi connectivity index (χ0v) is 9.95. The van der Waals surface area contributed by atoms with E-state index in [1.165, 1.54) is 5.56 Å². The Bertz CT molecular complexity index is 337. The molecule has 0 bridgehead atoms. The van der Waals surface area contributed by atoms with Gasteiger partial charge < -0.3 is 4.84 Å². The van der Waals surface area contributed by atoms with Gasteiger partial charge in [0, 0.05) is 11.6 Å². The number of benzene rings is 1. The van der Waals surface area contributed by atoms with Crippen molar-refractivity contribution in [1.82, 2.24) is 0 Å². The predicted molar refractivity (Wildman–Crippen MR) is 63.9 cm³/mol. The molecule has 0 aliphatic carbocycles. The van der Waals surface area contributed by atoms with E-state index >= 15 is 0 Å². The summed E-state index contributed by atoms with van der Waals surface area (Å²) in [6.07, 6.45) is 1.82. The van der Waals surface area contributed by atoms with Crippen LogP contribution in [-0.2, 0) is 11.4 Å². The van der Waals surface area contributed by atoms with E-state index in [2.05, 4.69) is 45.0 Å². The third-order valence-electron chi connectivity index (χ3n) is 1.83. The molecule has 82 valence electrons. The molecule has 0 unspecified atom stereocenters. The minimum absolute atomic E-state index is 0.0760. The van der Waals surface area contributed by atoms with Crippen LogP contribution in [0.4, 0.5) is 0 Å². The highest BCUT2D eigenvalue weighted by Gasteiger charge is 2.04. The van der Waals surface area contributed by atoms with Gasteiger partial charge in [-0.25, -0.2) is 0 Å². The largest absolute Gasteiger partial charge is 0.391 e. The lowest BCUT2D eigenvalue weighted by molar-refractivity contribution is 0.129. The van der Waals surface area contributed by atoms with Gasteiger partial charge in [0.1, 0.15) is 6.61 Å². The third kappa shape index (κ3) is 5.21. The lowest BCUT2D eigenvalue weighted by Gasteiger charge is -2.09. The standard InChI is InChI=1S/C13H19NO/c1-11-6-5-7-12(8-11)9-15-14-10-13(2,3)4/h5-8,10H,9H2,1-4H3. The summed E-state index contributed by atoms with van der Waals surface area (Å²) in [5, 5.41) is 3.94. The van der Waals surface area contributed by atoms with Crippen molar-refractivity contribution in [2.24, 2.45) is 10.6 Å². The summed E-state index contributed by atoms with van der Waals surface area (Å²) in [5.41, 5.74) is 2.48. The minimum atomic E-state index is 0.0760. The number of rotatable bonds is 3. The Kier molecular flexibility index (Phi) is 3.89. The molecule has 2 heteroatoms. The molecular weight excluding hydrogens is 186 g/mol. The molecule has 0 amide bonds. The lowest BCUT2D eigenvalue weighted by Crippen LogP contribution is -2.06. The Morgan fingerprint density at radius 1 is 1.33 bits per heavy atom. The maximum absolute atomic E-state index is 5.22. The molecule has 1 aromatic carbocycles. The van der Waals surface area contributed by atoms with Gasteiger partial charge >= 0.3 is 0 Å². The van der Waals surface area contributed by atoms with Crippen molar-refractivity contribution in [3.63, 3.8) is 0 Å². The summed E-state index contributed by atoms with van der Waals surface area (Å²) in [4.78, 5) is 5.22. The second-order valence-electron chi connectivity index (χ2n) is 4.86. The summed E-state index contributed by atoms with van der Waals surface area (Å²) >= 11 is 0. The Hall–Kier alpha value is -1.31. The quantitative estimate of drug-likeness (QED) is 0.546.